The van der Waals surface area contributed by atoms with E-state index in [0.717, 1.165) is 16.5 Å². The lowest BCUT2D eigenvalue weighted by atomic mass is 10.1. The third-order valence-electron chi connectivity index (χ3n) is 3.62. The molecule has 22 heavy (non-hydrogen) atoms. The van der Waals surface area contributed by atoms with E-state index in [9.17, 15) is 14.0 Å². The molecule has 0 bridgehead atoms. The molecule has 0 saturated carbocycles. The average molecular weight is 327 g/mol. The van der Waals surface area contributed by atoms with Crippen molar-refractivity contribution in [3.05, 3.63) is 34.2 Å². The Morgan fingerprint density at radius 2 is 2.00 bits per heavy atom. The van der Waals surface area contributed by atoms with Gasteiger partial charge in [0.25, 0.3) is 5.91 Å². The van der Waals surface area contributed by atoms with E-state index in [1.807, 2.05) is 6.92 Å². The van der Waals surface area contributed by atoms with Crippen molar-refractivity contribution in [3.63, 3.8) is 0 Å². The molecule has 0 N–H and O–H groups in total. The number of benzene rings is 1. The number of nitrogens with zero attached hydrogens (tertiary/aromatic N) is 2. The Bertz CT molecular complexity index is 688. The highest BCUT2D eigenvalue weighted by atomic mass is 35.5. The highest BCUT2D eigenvalue weighted by Gasteiger charge is 2.42. The zero-order valence-electron chi connectivity index (χ0n) is 12.7. The number of hydrogen-bond donors (Lipinski definition) is 0. The normalized spacial score (nSPS) is 17.4. The summed E-state index contributed by atoms with van der Waals surface area (Å²) in [6, 6.07) is 1.65. The molecule has 0 atom stereocenters. The minimum Gasteiger partial charge on any atom is -0.495 e. The molecule has 1 aliphatic heterocycles. The minimum atomic E-state index is -0.767. The van der Waals surface area contributed by atoms with E-state index in [1.165, 1.54) is 25.1 Å². The van der Waals surface area contributed by atoms with E-state index >= 15 is 0 Å². The second-order valence-corrected chi connectivity index (χ2v) is 5.31. The SMILES string of the molecule is CCC(C)=C1C(=O)N(c2cc(OC)c(Cl)cc2F)C(=O)N1C. The summed E-state index contributed by atoms with van der Waals surface area (Å²) >= 11 is 5.84. The van der Waals surface area contributed by atoms with Crippen LogP contribution >= 0.6 is 11.6 Å². The fourth-order valence-corrected chi connectivity index (χ4v) is 2.50. The Morgan fingerprint density at radius 1 is 1.36 bits per heavy atom. The van der Waals surface area contributed by atoms with Crippen molar-refractivity contribution in [2.24, 2.45) is 0 Å². The molecule has 5 nitrogen and oxygen atoms in total. The zero-order valence-corrected chi connectivity index (χ0v) is 13.5. The molecule has 0 unspecified atom stereocenters. The maximum atomic E-state index is 14.2. The van der Waals surface area contributed by atoms with E-state index in [0.29, 0.717) is 6.42 Å². The summed E-state index contributed by atoms with van der Waals surface area (Å²) in [5, 5.41) is 0.0664. The van der Waals surface area contributed by atoms with E-state index in [-0.39, 0.29) is 22.2 Å². The first kappa shape index (κ1) is 16.3. The summed E-state index contributed by atoms with van der Waals surface area (Å²) in [4.78, 5) is 26.9. The predicted octanol–water partition coefficient (Wildman–Crippen LogP) is 3.57. The fourth-order valence-electron chi connectivity index (χ4n) is 2.28. The number of carbonyl (C=O) groups is 2. The highest BCUT2D eigenvalue weighted by molar-refractivity contribution is 6.32. The summed E-state index contributed by atoms with van der Waals surface area (Å²) in [6.45, 7) is 3.64. The molecule has 7 heteroatoms. The lowest BCUT2D eigenvalue weighted by Gasteiger charge is -2.16. The number of urea groups is 1. The number of likely N-dealkylation sites (N-methyl/N-ethyl adjacent to an activating group) is 1. The first-order valence-electron chi connectivity index (χ1n) is 6.68. The third-order valence-corrected chi connectivity index (χ3v) is 3.91. The number of carbonyl (C=O) groups excluding carboxylic acids is 2. The van der Waals surface area contributed by atoms with Crippen molar-refractivity contribution < 1.29 is 18.7 Å². The Balaban J connectivity index is 2.59. The van der Waals surface area contributed by atoms with E-state index < -0.39 is 17.8 Å². The van der Waals surface area contributed by atoms with Crippen LogP contribution in [0.1, 0.15) is 20.3 Å². The van der Waals surface area contributed by atoms with Crippen LogP contribution in [0.4, 0.5) is 14.9 Å². The fraction of sp³-hybridized carbons (Fsp3) is 0.333. The van der Waals surface area contributed by atoms with Crippen molar-refractivity contribution >= 4 is 29.2 Å². The van der Waals surface area contributed by atoms with Crippen LogP contribution in [0.2, 0.25) is 5.02 Å². The van der Waals surface area contributed by atoms with E-state index in [4.69, 9.17) is 16.3 Å². The summed E-state index contributed by atoms with van der Waals surface area (Å²) in [7, 11) is 2.86. The topological polar surface area (TPSA) is 49.9 Å². The third kappa shape index (κ3) is 2.43. The minimum absolute atomic E-state index is 0.0664. The number of halogens is 2. The van der Waals surface area contributed by atoms with Gasteiger partial charge in [0.2, 0.25) is 0 Å². The van der Waals surface area contributed by atoms with Gasteiger partial charge in [0.05, 0.1) is 17.8 Å². The van der Waals surface area contributed by atoms with Gasteiger partial charge >= 0.3 is 6.03 Å². The maximum absolute atomic E-state index is 14.2. The second-order valence-electron chi connectivity index (χ2n) is 4.90. The average Bonchev–Trinajstić information content (AvgIpc) is 2.70. The number of amides is 3. The van der Waals surface area contributed by atoms with Gasteiger partial charge in [0.1, 0.15) is 17.3 Å². The molecule has 0 radical (unpaired) electrons. The van der Waals surface area contributed by atoms with E-state index in [1.54, 1.807) is 6.92 Å². The van der Waals surface area contributed by atoms with Gasteiger partial charge in [-0.3, -0.25) is 9.69 Å². The Hall–Kier alpha value is -2.08. The van der Waals surface area contributed by atoms with Gasteiger partial charge in [-0.25, -0.2) is 14.1 Å². The molecule has 118 valence electrons. The lowest BCUT2D eigenvalue weighted by Crippen LogP contribution is -2.32. The van der Waals surface area contributed by atoms with Crippen molar-refractivity contribution in [1.82, 2.24) is 4.90 Å². The van der Waals surface area contributed by atoms with Crippen LogP contribution in [-0.4, -0.2) is 31.0 Å². The molecule has 1 aromatic carbocycles. The lowest BCUT2D eigenvalue weighted by molar-refractivity contribution is -0.114. The van der Waals surface area contributed by atoms with Crippen LogP contribution in [-0.2, 0) is 4.79 Å². The van der Waals surface area contributed by atoms with Gasteiger partial charge in [-0.2, -0.15) is 0 Å². The smallest absolute Gasteiger partial charge is 0.336 e. The van der Waals surface area contributed by atoms with Gasteiger partial charge in [0.15, 0.2) is 0 Å². The van der Waals surface area contributed by atoms with Crippen molar-refractivity contribution in [3.8, 4) is 5.75 Å². The molecule has 0 spiro atoms. The molecule has 1 aliphatic rings. The first-order valence-corrected chi connectivity index (χ1v) is 7.06. The van der Waals surface area contributed by atoms with Gasteiger partial charge in [-0.05, 0) is 25.0 Å². The summed E-state index contributed by atoms with van der Waals surface area (Å²) in [6.07, 6.45) is 0.610. The highest BCUT2D eigenvalue weighted by Crippen LogP contribution is 2.36. The molecular weight excluding hydrogens is 311 g/mol. The van der Waals surface area contributed by atoms with Gasteiger partial charge in [-0.15, -0.1) is 0 Å². The van der Waals surface area contributed by atoms with Crippen LogP contribution in [0.25, 0.3) is 0 Å². The molecule has 1 saturated heterocycles. The van der Waals surface area contributed by atoms with Crippen LogP contribution in [0.15, 0.2) is 23.4 Å². The predicted molar refractivity (Wildman–Crippen MR) is 81.6 cm³/mol. The van der Waals surface area contributed by atoms with Crippen LogP contribution in [0, 0.1) is 5.82 Å². The molecule has 0 aliphatic carbocycles. The van der Waals surface area contributed by atoms with Crippen LogP contribution in [0.3, 0.4) is 0 Å². The Morgan fingerprint density at radius 3 is 2.55 bits per heavy atom. The van der Waals surface area contributed by atoms with Gasteiger partial charge in [0, 0.05) is 13.1 Å². The molecule has 1 fully saturated rings. The number of allylic oxidation sites excluding steroid dienone is 1. The molecule has 1 heterocycles. The summed E-state index contributed by atoms with van der Waals surface area (Å²) < 4.78 is 19.2. The second kappa shape index (κ2) is 5.96. The largest absolute Gasteiger partial charge is 0.495 e. The Labute approximate surface area is 132 Å². The monoisotopic (exact) mass is 326 g/mol. The van der Waals surface area contributed by atoms with Gasteiger partial charge < -0.3 is 4.74 Å². The Kier molecular flexibility index (Phi) is 4.42. The number of anilines is 1. The van der Waals surface area contributed by atoms with Crippen molar-refractivity contribution in [2.45, 2.75) is 20.3 Å². The first-order chi connectivity index (χ1) is 10.3. The van der Waals surface area contributed by atoms with Crippen LogP contribution in [0.5, 0.6) is 5.75 Å². The molecule has 1 aromatic rings. The maximum Gasteiger partial charge on any atom is 0.336 e. The number of ether oxygens (including phenoxy) is 1. The van der Waals surface area contributed by atoms with Gasteiger partial charge in [-0.1, -0.05) is 18.5 Å². The van der Waals surface area contributed by atoms with E-state index in [2.05, 4.69) is 0 Å². The quantitative estimate of drug-likeness (QED) is 0.630. The molecular formula is C15H16ClFN2O3. The van der Waals surface area contributed by atoms with Crippen molar-refractivity contribution in [2.75, 3.05) is 19.1 Å². The summed E-state index contributed by atoms with van der Waals surface area (Å²) in [5.41, 5.74) is 0.840. The standard InChI is InChI=1S/C15H16ClFN2O3/c1-5-8(2)13-14(20)19(15(21)18(13)3)11-7-12(22-4)9(16)6-10(11)17/h6-7H,5H2,1-4H3. The van der Waals surface area contributed by atoms with Crippen LogP contribution < -0.4 is 9.64 Å². The number of methoxy groups -OCH3 is 1. The summed E-state index contributed by atoms with van der Waals surface area (Å²) in [5.74, 6) is -1.14. The number of rotatable bonds is 3. The number of hydrogen-bond acceptors (Lipinski definition) is 3. The molecule has 0 aromatic heterocycles. The number of imide groups is 1. The van der Waals surface area contributed by atoms with Crippen molar-refractivity contribution in [1.29, 1.82) is 0 Å². The molecule has 2 rings (SSSR count). The molecule has 3 amide bonds. The zero-order chi connectivity index (χ0) is 16.6.